The van der Waals surface area contributed by atoms with Crippen molar-refractivity contribution >= 4 is 50.6 Å². The maximum Gasteiger partial charge on any atom is 0.349 e. The number of ether oxygens (including phenoxy) is 1. The first-order valence-electron chi connectivity index (χ1n) is 17.6. The van der Waals surface area contributed by atoms with Gasteiger partial charge in [0.25, 0.3) is 0 Å². The Morgan fingerprint density at radius 3 is 2.54 bits per heavy atom. The average molecular weight is 742 g/mol. The third kappa shape index (κ3) is 7.56. The number of aliphatic hydroxyl groups excluding tert-OH is 1. The summed E-state index contributed by atoms with van der Waals surface area (Å²) < 4.78 is 8.13. The molecule has 1 aliphatic rings. The van der Waals surface area contributed by atoms with Gasteiger partial charge in [0.1, 0.15) is 11.9 Å². The fraction of sp³-hybridized carbons (Fsp3) is 0.359. The number of thiophene rings is 2. The largest absolute Gasteiger partial charge is 0.506 e. The molecule has 1 aliphatic carbocycles. The number of aliphatic hydroxyl groups is 2. The second-order valence-electron chi connectivity index (χ2n) is 13.5. The molecule has 52 heavy (non-hydrogen) atoms. The molecule has 1 atom stereocenters. The van der Waals surface area contributed by atoms with Crippen LogP contribution in [0.5, 0.6) is 5.75 Å². The zero-order valence-corrected chi connectivity index (χ0v) is 30.5. The molecule has 0 amide bonds. The molecule has 6 aromatic rings. The molecule has 13 heteroatoms. The molecule has 7 rings (SSSR count). The fourth-order valence-electron chi connectivity index (χ4n) is 7.22. The number of carbonyl (C=O) groups excluding carboxylic acids is 1. The van der Waals surface area contributed by atoms with Crippen LogP contribution >= 0.6 is 22.7 Å². The Morgan fingerprint density at radius 2 is 1.83 bits per heavy atom. The van der Waals surface area contributed by atoms with E-state index >= 15 is 0 Å². The Kier molecular flexibility index (Phi) is 10.9. The molecule has 0 bridgehead atoms. The number of nitrogens with zero attached hydrogens (tertiary/aromatic N) is 3. The zero-order valence-electron chi connectivity index (χ0n) is 28.9. The number of hydrogen-bond donors (Lipinski definition) is 5. The van der Waals surface area contributed by atoms with Crippen LogP contribution in [-0.2, 0) is 28.2 Å². The van der Waals surface area contributed by atoms with E-state index in [9.17, 15) is 24.9 Å². The molecular weight excluding hydrogens is 699 g/mol. The number of aromatic amines is 1. The van der Waals surface area contributed by atoms with Crippen molar-refractivity contribution in [1.29, 1.82) is 0 Å². The summed E-state index contributed by atoms with van der Waals surface area (Å²) in [4.78, 5) is 35.9. The maximum absolute atomic E-state index is 13.4. The van der Waals surface area contributed by atoms with Gasteiger partial charge in [-0.25, -0.2) is 9.78 Å². The van der Waals surface area contributed by atoms with Crippen LogP contribution in [0.3, 0.4) is 0 Å². The number of aryl methyl sites for hydroxylation is 1. The lowest BCUT2D eigenvalue weighted by Crippen LogP contribution is -2.42. The Labute approximate surface area is 309 Å². The zero-order chi connectivity index (χ0) is 36.2. The van der Waals surface area contributed by atoms with E-state index in [2.05, 4.69) is 50.0 Å². The number of pyridine rings is 1. The van der Waals surface area contributed by atoms with Crippen molar-refractivity contribution in [3.8, 4) is 5.75 Å². The molecule has 1 saturated carbocycles. The number of nitrogens with one attached hydrogen (secondary N) is 2. The first-order chi connectivity index (χ1) is 25.2. The van der Waals surface area contributed by atoms with Gasteiger partial charge >= 0.3 is 5.97 Å². The van der Waals surface area contributed by atoms with E-state index in [0.717, 1.165) is 61.8 Å². The summed E-state index contributed by atoms with van der Waals surface area (Å²) in [5.41, 5.74) is 1.89. The van der Waals surface area contributed by atoms with Crippen LogP contribution in [0.15, 0.2) is 88.6 Å². The smallest absolute Gasteiger partial charge is 0.349 e. The number of rotatable bonds is 14. The maximum atomic E-state index is 13.4. The van der Waals surface area contributed by atoms with E-state index in [1.165, 1.54) is 34.8 Å². The van der Waals surface area contributed by atoms with Crippen LogP contribution in [0.2, 0.25) is 0 Å². The van der Waals surface area contributed by atoms with Gasteiger partial charge in [0.05, 0.1) is 38.7 Å². The third-order valence-corrected chi connectivity index (χ3v) is 12.1. The molecule has 0 radical (unpaired) electrons. The second-order valence-corrected chi connectivity index (χ2v) is 15.4. The number of hydrogen-bond acceptors (Lipinski definition) is 11. The Balaban J connectivity index is 0.861. The van der Waals surface area contributed by atoms with Crippen LogP contribution in [0.1, 0.15) is 59.1 Å². The molecule has 1 fully saturated rings. The van der Waals surface area contributed by atoms with Gasteiger partial charge in [0, 0.05) is 37.1 Å². The predicted molar refractivity (Wildman–Crippen MR) is 204 cm³/mol. The SMILES string of the molecule is CN(CCCn1cnc2cc(CNC[C@H](O)c3ccc(O)c4[nH]c(=O)ccc34)ccc21)[C@H]1CC[C@H](OC(=O)C(O)(c2cccs2)c2cccs2)CC1. The number of phenols is 1. The summed E-state index contributed by atoms with van der Waals surface area (Å²) in [6.07, 6.45) is 5.21. The lowest BCUT2D eigenvalue weighted by molar-refractivity contribution is -0.169. The molecule has 272 valence electrons. The molecule has 0 aliphatic heterocycles. The number of imidazole rings is 1. The number of aromatic hydroxyl groups is 1. The summed E-state index contributed by atoms with van der Waals surface area (Å²) in [6, 6.07) is 20.0. The van der Waals surface area contributed by atoms with E-state index in [4.69, 9.17) is 4.74 Å². The molecule has 4 heterocycles. The van der Waals surface area contributed by atoms with Crippen molar-refractivity contribution in [2.45, 2.75) is 69.0 Å². The number of H-pyrrole nitrogens is 1. The van der Waals surface area contributed by atoms with Gasteiger partial charge in [0.15, 0.2) is 0 Å². The van der Waals surface area contributed by atoms with Crippen molar-refractivity contribution < 1.29 is 24.9 Å². The van der Waals surface area contributed by atoms with Gasteiger partial charge in [-0.1, -0.05) is 24.3 Å². The Bertz CT molecular complexity index is 2140. The molecular formula is C39H43N5O6S2. The summed E-state index contributed by atoms with van der Waals surface area (Å²) in [7, 11) is 2.16. The molecule has 5 N–H and O–H groups in total. The van der Waals surface area contributed by atoms with Gasteiger partial charge < -0.3 is 39.8 Å². The third-order valence-electron chi connectivity index (χ3n) is 10.1. The number of phenolic OH excluding ortho intramolecular Hbond substituents is 1. The van der Waals surface area contributed by atoms with E-state index in [-0.39, 0.29) is 17.4 Å². The van der Waals surface area contributed by atoms with Gasteiger partial charge in [-0.2, -0.15) is 0 Å². The van der Waals surface area contributed by atoms with Gasteiger partial charge in [0.2, 0.25) is 11.2 Å². The first-order valence-corrected chi connectivity index (χ1v) is 19.4. The van der Waals surface area contributed by atoms with Crippen molar-refractivity contribution in [2.24, 2.45) is 0 Å². The van der Waals surface area contributed by atoms with Crippen molar-refractivity contribution in [3.05, 3.63) is 115 Å². The minimum Gasteiger partial charge on any atom is -0.506 e. The molecule has 4 aromatic heterocycles. The van der Waals surface area contributed by atoms with E-state index in [0.29, 0.717) is 45.4 Å². The lowest BCUT2D eigenvalue weighted by atomic mass is 9.91. The molecule has 11 nitrogen and oxygen atoms in total. The summed E-state index contributed by atoms with van der Waals surface area (Å²) >= 11 is 2.71. The molecule has 0 unspecified atom stereocenters. The highest BCUT2D eigenvalue weighted by Crippen LogP contribution is 2.38. The predicted octanol–water partition coefficient (Wildman–Crippen LogP) is 5.64. The Hall–Kier alpha value is -4.37. The quantitative estimate of drug-likeness (QED) is 0.0894. The summed E-state index contributed by atoms with van der Waals surface area (Å²) in [6.45, 7) is 2.61. The number of esters is 1. The summed E-state index contributed by atoms with van der Waals surface area (Å²) in [5, 5.41) is 40.2. The van der Waals surface area contributed by atoms with Crippen LogP contribution < -0.4 is 10.9 Å². The van der Waals surface area contributed by atoms with Crippen LogP contribution in [0, 0.1) is 0 Å². The van der Waals surface area contributed by atoms with Crippen LogP contribution in [-0.4, -0.2) is 73.0 Å². The van der Waals surface area contributed by atoms with Gasteiger partial charge in [-0.05, 0) is 104 Å². The standard InChI is InChI=1S/C39H43N5O6S2/c1-43(26-8-10-27(11-9-26)50-38(48)39(49,34-5-2-19-51-34)35-6-3-20-52-35)17-4-18-44-24-41-30-21-25(7-14-31(30)44)22-40-23-33(46)28-12-15-32(45)37-29(28)13-16-36(47)42-37/h2-3,5-7,12-16,19-21,24,26-27,33,40,45-46,49H,4,8-11,17-18,22-23H2,1H3,(H,42,47)/t26-,27-,33-/m0/s1. The summed E-state index contributed by atoms with van der Waals surface area (Å²) in [5.74, 6) is -0.629. The highest BCUT2D eigenvalue weighted by Gasteiger charge is 2.45. The van der Waals surface area contributed by atoms with Crippen molar-refractivity contribution in [2.75, 3.05) is 20.1 Å². The number of carbonyl (C=O) groups is 1. The second kappa shape index (κ2) is 15.7. The van der Waals surface area contributed by atoms with Crippen molar-refractivity contribution in [3.63, 3.8) is 0 Å². The van der Waals surface area contributed by atoms with Gasteiger partial charge in [-0.3, -0.25) is 4.79 Å². The average Bonchev–Trinajstić information content (AvgIpc) is 3.96. The topological polar surface area (TPSA) is 153 Å². The lowest BCUT2D eigenvalue weighted by Gasteiger charge is -2.35. The molecule has 0 saturated heterocycles. The Morgan fingerprint density at radius 1 is 1.08 bits per heavy atom. The number of fused-ring (bicyclic) bond motifs is 2. The van der Waals surface area contributed by atoms with E-state index in [1.54, 1.807) is 24.3 Å². The first kappa shape index (κ1) is 36.0. The van der Waals surface area contributed by atoms with Gasteiger partial charge in [-0.15, -0.1) is 22.7 Å². The van der Waals surface area contributed by atoms with Crippen molar-refractivity contribution in [1.82, 2.24) is 24.8 Å². The number of benzene rings is 2. The minimum absolute atomic E-state index is 0.0355. The highest BCUT2D eigenvalue weighted by atomic mass is 32.1. The van der Waals surface area contributed by atoms with E-state index < -0.39 is 17.7 Å². The molecule has 0 spiro atoms. The number of aromatic nitrogens is 3. The van der Waals surface area contributed by atoms with Crippen LogP contribution in [0.4, 0.5) is 0 Å². The highest BCUT2D eigenvalue weighted by molar-refractivity contribution is 7.12. The molecule has 2 aromatic carbocycles. The van der Waals surface area contributed by atoms with Crippen LogP contribution in [0.25, 0.3) is 21.9 Å². The normalized spacial score (nSPS) is 17.2. The minimum atomic E-state index is -1.77. The van der Waals surface area contributed by atoms with E-state index in [1.807, 2.05) is 29.2 Å². The monoisotopic (exact) mass is 741 g/mol. The fourth-order valence-corrected chi connectivity index (χ4v) is 8.93.